The van der Waals surface area contributed by atoms with Gasteiger partial charge in [-0.2, -0.15) is 0 Å². The standard InChI is InChI=1S/C13H16N4O2/c1-9-5-13(17(18)19)10(2)4-12(9)15-7-11-6-14-8-16(11)3/h4-6,8,15H,7H2,1-3H3. The van der Waals surface area contributed by atoms with Crippen LogP contribution in [-0.4, -0.2) is 14.5 Å². The van der Waals surface area contributed by atoms with E-state index in [4.69, 9.17) is 0 Å². The molecule has 0 amide bonds. The van der Waals surface area contributed by atoms with Gasteiger partial charge in [-0.3, -0.25) is 10.1 Å². The number of benzene rings is 1. The van der Waals surface area contributed by atoms with E-state index in [-0.39, 0.29) is 10.6 Å². The molecule has 0 unspecified atom stereocenters. The number of nitro groups is 1. The van der Waals surface area contributed by atoms with Crippen molar-refractivity contribution in [1.82, 2.24) is 9.55 Å². The number of aromatic nitrogens is 2. The molecule has 0 saturated carbocycles. The third kappa shape index (κ3) is 2.73. The number of imidazole rings is 1. The van der Waals surface area contributed by atoms with E-state index in [1.54, 1.807) is 25.5 Å². The third-order valence-electron chi connectivity index (χ3n) is 3.12. The van der Waals surface area contributed by atoms with Gasteiger partial charge in [-0.1, -0.05) is 0 Å². The molecule has 0 aliphatic carbocycles. The molecule has 100 valence electrons. The van der Waals surface area contributed by atoms with E-state index in [0.29, 0.717) is 12.1 Å². The van der Waals surface area contributed by atoms with Gasteiger partial charge in [0.25, 0.3) is 5.69 Å². The molecule has 19 heavy (non-hydrogen) atoms. The van der Waals surface area contributed by atoms with Gasteiger partial charge in [-0.25, -0.2) is 4.98 Å². The lowest BCUT2D eigenvalue weighted by Crippen LogP contribution is -2.06. The van der Waals surface area contributed by atoms with E-state index in [1.165, 1.54) is 0 Å². The first-order valence-corrected chi connectivity index (χ1v) is 5.93. The predicted molar refractivity (Wildman–Crippen MR) is 73.1 cm³/mol. The molecule has 0 saturated heterocycles. The molecule has 1 heterocycles. The summed E-state index contributed by atoms with van der Waals surface area (Å²) >= 11 is 0. The zero-order valence-corrected chi connectivity index (χ0v) is 11.2. The van der Waals surface area contributed by atoms with E-state index < -0.39 is 0 Å². The molecule has 0 aliphatic rings. The number of rotatable bonds is 4. The number of nitro benzene ring substituents is 1. The first-order chi connectivity index (χ1) is 8.99. The summed E-state index contributed by atoms with van der Waals surface area (Å²) in [6.07, 6.45) is 3.53. The zero-order chi connectivity index (χ0) is 14.0. The summed E-state index contributed by atoms with van der Waals surface area (Å²) in [5, 5.41) is 14.1. The lowest BCUT2D eigenvalue weighted by atomic mass is 10.1. The minimum absolute atomic E-state index is 0.156. The largest absolute Gasteiger partial charge is 0.379 e. The second kappa shape index (κ2) is 5.09. The highest BCUT2D eigenvalue weighted by atomic mass is 16.6. The highest BCUT2D eigenvalue weighted by Gasteiger charge is 2.13. The van der Waals surface area contributed by atoms with Crippen molar-refractivity contribution in [2.45, 2.75) is 20.4 Å². The second-order valence-corrected chi connectivity index (χ2v) is 4.56. The molecule has 0 radical (unpaired) electrons. The predicted octanol–water partition coefficient (Wildman–Crippen LogP) is 2.56. The Morgan fingerprint density at radius 1 is 1.37 bits per heavy atom. The number of hydrogen-bond acceptors (Lipinski definition) is 4. The molecule has 0 fully saturated rings. The number of aryl methyl sites for hydroxylation is 3. The Hall–Kier alpha value is -2.37. The summed E-state index contributed by atoms with van der Waals surface area (Å²) in [6, 6.07) is 3.41. The zero-order valence-electron chi connectivity index (χ0n) is 11.2. The molecule has 6 heteroatoms. The summed E-state index contributed by atoms with van der Waals surface area (Å²) in [5.74, 6) is 0. The van der Waals surface area contributed by atoms with Crippen LogP contribution in [-0.2, 0) is 13.6 Å². The van der Waals surface area contributed by atoms with Gasteiger partial charge in [0.2, 0.25) is 0 Å². The Bertz CT molecular complexity index is 619. The number of anilines is 1. The minimum atomic E-state index is -0.354. The van der Waals surface area contributed by atoms with Gasteiger partial charge >= 0.3 is 0 Å². The summed E-state index contributed by atoms with van der Waals surface area (Å²) in [6.45, 7) is 4.24. The van der Waals surface area contributed by atoms with Crippen molar-refractivity contribution in [2.24, 2.45) is 7.05 Å². The average molecular weight is 260 g/mol. The Balaban J connectivity index is 2.20. The fraction of sp³-hybridized carbons (Fsp3) is 0.308. The van der Waals surface area contributed by atoms with E-state index in [2.05, 4.69) is 10.3 Å². The molecule has 1 aromatic heterocycles. The van der Waals surface area contributed by atoms with Crippen LogP contribution in [0.4, 0.5) is 11.4 Å². The number of nitrogens with zero attached hydrogens (tertiary/aromatic N) is 3. The van der Waals surface area contributed by atoms with Gasteiger partial charge < -0.3 is 9.88 Å². The molecular formula is C13H16N4O2. The molecule has 1 N–H and O–H groups in total. The minimum Gasteiger partial charge on any atom is -0.379 e. The van der Waals surface area contributed by atoms with Crippen molar-refractivity contribution in [3.63, 3.8) is 0 Å². The van der Waals surface area contributed by atoms with Crippen LogP contribution in [0.25, 0.3) is 0 Å². The Kier molecular flexibility index (Phi) is 3.50. The highest BCUT2D eigenvalue weighted by molar-refractivity contribution is 5.59. The highest BCUT2D eigenvalue weighted by Crippen LogP contribution is 2.26. The van der Waals surface area contributed by atoms with Crippen LogP contribution >= 0.6 is 0 Å². The molecule has 6 nitrogen and oxygen atoms in total. The van der Waals surface area contributed by atoms with Crippen LogP contribution in [0.15, 0.2) is 24.7 Å². The van der Waals surface area contributed by atoms with Crippen LogP contribution < -0.4 is 5.32 Å². The van der Waals surface area contributed by atoms with E-state index in [1.807, 2.05) is 24.6 Å². The lowest BCUT2D eigenvalue weighted by molar-refractivity contribution is -0.385. The lowest BCUT2D eigenvalue weighted by Gasteiger charge is -2.11. The Morgan fingerprint density at radius 3 is 2.68 bits per heavy atom. The fourth-order valence-corrected chi connectivity index (χ4v) is 1.93. The monoisotopic (exact) mass is 260 g/mol. The maximum absolute atomic E-state index is 10.8. The maximum Gasteiger partial charge on any atom is 0.272 e. The normalized spacial score (nSPS) is 10.5. The van der Waals surface area contributed by atoms with E-state index in [9.17, 15) is 10.1 Å². The Labute approximate surface area is 111 Å². The van der Waals surface area contributed by atoms with E-state index >= 15 is 0 Å². The fourth-order valence-electron chi connectivity index (χ4n) is 1.93. The number of nitrogens with one attached hydrogen (secondary N) is 1. The van der Waals surface area contributed by atoms with Crippen LogP contribution in [0.5, 0.6) is 0 Å². The van der Waals surface area contributed by atoms with Gasteiger partial charge in [0.1, 0.15) is 0 Å². The van der Waals surface area contributed by atoms with Crippen molar-refractivity contribution >= 4 is 11.4 Å². The van der Waals surface area contributed by atoms with Crippen molar-refractivity contribution < 1.29 is 4.92 Å². The van der Waals surface area contributed by atoms with Crippen molar-refractivity contribution in [3.05, 3.63) is 51.6 Å². The number of hydrogen-bond donors (Lipinski definition) is 1. The molecule has 0 atom stereocenters. The molecule has 2 rings (SSSR count). The Morgan fingerprint density at radius 2 is 2.11 bits per heavy atom. The molecule has 0 spiro atoms. The molecule has 0 bridgehead atoms. The van der Waals surface area contributed by atoms with E-state index in [0.717, 1.165) is 16.9 Å². The first-order valence-electron chi connectivity index (χ1n) is 5.93. The van der Waals surface area contributed by atoms with Crippen molar-refractivity contribution in [3.8, 4) is 0 Å². The van der Waals surface area contributed by atoms with Gasteiger partial charge in [-0.15, -0.1) is 0 Å². The van der Waals surface area contributed by atoms with Gasteiger partial charge in [0, 0.05) is 30.6 Å². The van der Waals surface area contributed by atoms with Crippen molar-refractivity contribution in [2.75, 3.05) is 5.32 Å². The van der Waals surface area contributed by atoms with Crippen LogP contribution in [0.1, 0.15) is 16.8 Å². The van der Waals surface area contributed by atoms with Crippen LogP contribution in [0.2, 0.25) is 0 Å². The molecular weight excluding hydrogens is 244 g/mol. The SMILES string of the molecule is Cc1cc([N+](=O)[O-])c(C)cc1NCc1cncn1C. The molecule has 0 aliphatic heterocycles. The smallest absolute Gasteiger partial charge is 0.272 e. The van der Waals surface area contributed by atoms with Gasteiger partial charge in [-0.05, 0) is 25.5 Å². The topological polar surface area (TPSA) is 73.0 Å². The summed E-state index contributed by atoms with van der Waals surface area (Å²) in [4.78, 5) is 14.5. The second-order valence-electron chi connectivity index (χ2n) is 4.56. The maximum atomic E-state index is 10.8. The summed E-state index contributed by atoms with van der Waals surface area (Å²) < 4.78 is 1.93. The van der Waals surface area contributed by atoms with Crippen LogP contribution in [0.3, 0.4) is 0 Å². The van der Waals surface area contributed by atoms with Crippen LogP contribution in [0, 0.1) is 24.0 Å². The van der Waals surface area contributed by atoms with Gasteiger partial charge in [0.15, 0.2) is 0 Å². The van der Waals surface area contributed by atoms with Gasteiger partial charge in [0.05, 0.1) is 23.5 Å². The third-order valence-corrected chi connectivity index (χ3v) is 3.12. The summed E-state index contributed by atoms with van der Waals surface area (Å²) in [7, 11) is 1.93. The average Bonchev–Trinajstić information content (AvgIpc) is 2.75. The summed E-state index contributed by atoms with van der Waals surface area (Å²) in [5.41, 5.74) is 3.63. The first kappa shape index (κ1) is 13.1. The quantitative estimate of drug-likeness (QED) is 0.677. The van der Waals surface area contributed by atoms with Crippen molar-refractivity contribution in [1.29, 1.82) is 0 Å². The molecule has 2 aromatic rings. The molecule has 1 aromatic carbocycles.